The van der Waals surface area contributed by atoms with Gasteiger partial charge < -0.3 is 4.74 Å². The molecule has 0 amide bonds. The summed E-state index contributed by atoms with van der Waals surface area (Å²) in [6.45, 7) is 4.51. The Bertz CT molecular complexity index is 68.5. The van der Waals surface area contributed by atoms with Gasteiger partial charge in [0.25, 0.3) is 0 Å². The van der Waals surface area contributed by atoms with Crippen molar-refractivity contribution in [2.24, 2.45) is 0 Å². The molecule has 0 heterocycles. The normalized spacial score (nSPS) is 11.6. The summed E-state index contributed by atoms with van der Waals surface area (Å²) in [7, 11) is 0. The Kier molecular flexibility index (Phi) is 4.00. The molecule has 0 saturated heterocycles. The molecule has 2 heteroatoms. The summed E-state index contributed by atoms with van der Waals surface area (Å²) in [6.07, 6.45) is 1.81. The highest BCUT2D eigenvalue weighted by Gasteiger charge is 1.79. The maximum atomic E-state index is 4.92. The first-order valence-electron chi connectivity index (χ1n) is 2.29. The molecule has 7 heavy (non-hydrogen) atoms. The zero-order chi connectivity index (χ0) is 5.70. The molecule has 1 nitrogen and oxygen atoms in total. The van der Waals surface area contributed by atoms with E-state index in [1.165, 1.54) is 0 Å². The zero-order valence-electron chi connectivity index (χ0n) is 4.64. The summed E-state index contributed by atoms with van der Waals surface area (Å²) < 4.78 is 4.92. The molecular weight excluding hydrogens is 108 g/mol. The Balaban J connectivity index is 3.17. The van der Waals surface area contributed by atoms with Crippen molar-refractivity contribution in [3.05, 3.63) is 11.2 Å². The van der Waals surface area contributed by atoms with Crippen LogP contribution in [-0.4, -0.2) is 6.61 Å². The van der Waals surface area contributed by atoms with Crippen molar-refractivity contribution in [2.75, 3.05) is 6.61 Å². The Morgan fingerprint density at radius 1 is 1.86 bits per heavy atom. The molecule has 0 atom stereocenters. The fraction of sp³-hybridized carbons (Fsp3) is 0.600. The van der Waals surface area contributed by atoms with Crippen LogP contribution in [0, 0.1) is 0 Å². The van der Waals surface area contributed by atoms with Gasteiger partial charge >= 0.3 is 0 Å². The number of ether oxygens (including phenoxy) is 1. The van der Waals surface area contributed by atoms with Gasteiger partial charge in [-0.05, 0) is 19.9 Å². The number of allylic oxidation sites excluding steroid dienone is 1. The molecule has 0 saturated carbocycles. The Hall–Kier alpha value is -0.110. The fourth-order valence-corrected chi connectivity index (χ4v) is 0.360. The van der Waals surface area contributed by atoms with Crippen LogP contribution >= 0.6 is 12.6 Å². The van der Waals surface area contributed by atoms with E-state index in [0.717, 1.165) is 0 Å². The van der Waals surface area contributed by atoms with Gasteiger partial charge in [0, 0.05) is 0 Å². The number of rotatable bonds is 2. The third kappa shape index (κ3) is 3.73. The number of hydrogen-bond donors (Lipinski definition) is 1. The first-order valence-corrected chi connectivity index (χ1v) is 2.74. The molecule has 0 bridgehead atoms. The predicted molar refractivity (Wildman–Crippen MR) is 34.4 cm³/mol. The average molecular weight is 118 g/mol. The molecule has 0 aliphatic rings. The van der Waals surface area contributed by atoms with Crippen molar-refractivity contribution in [1.82, 2.24) is 0 Å². The minimum absolute atomic E-state index is 0.697. The maximum Gasteiger partial charge on any atom is 0.145 e. The van der Waals surface area contributed by atoms with Crippen molar-refractivity contribution < 1.29 is 4.74 Å². The highest BCUT2D eigenvalue weighted by atomic mass is 32.1. The third-order valence-electron chi connectivity index (χ3n) is 0.539. The third-order valence-corrected chi connectivity index (χ3v) is 0.926. The Morgan fingerprint density at radius 2 is 2.43 bits per heavy atom. The Morgan fingerprint density at radius 3 is 2.57 bits per heavy atom. The lowest BCUT2D eigenvalue weighted by Crippen LogP contribution is -1.81. The lowest BCUT2D eigenvalue weighted by atomic mass is 10.7. The van der Waals surface area contributed by atoms with Crippen LogP contribution in [0.1, 0.15) is 13.8 Å². The van der Waals surface area contributed by atoms with Crippen molar-refractivity contribution in [2.45, 2.75) is 13.8 Å². The van der Waals surface area contributed by atoms with Gasteiger partial charge in [-0.3, -0.25) is 0 Å². The van der Waals surface area contributed by atoms with Crippen molar-refractivity contribution in [3.63, 3.8) is 0 Å². The smallest absolute Gasteiger partial charge is 0.145 e. The summed E-state index contributed by atoms with van der Waals surface area (Å²) in [5.41, 5.74) is 0. The second-order valence-electron chi connectivity index (χ2n) is 1.06. The van der Waals surface area contributed by atoms with E-state index in [2.05, 4.69) is 12.6 Å². The second-order valence-corrected chi connectivity index (χ2v) is 1.50. The molecule has 0 N–H and O–H groups in total. The molecule has 0 spiro atoms. The predicted octanol–water partition coefficient (Wildman–Crippen LogP) is 1.81. The first-order chi connectivity index (χ1) is 3.31. The van der Waals surface area contributed by atoms with Gasteiger partial charge in [-0.2, -0.15) is 0 Å². The van der Waals surface area contributed by atoms with Crippen LogP contribution in [0.3, 0.4) is 0 Å². The van der Waals surface area contributed by atoms with Gasteiger partial charge in [0.1, 0.15) is 5.09 Å². The van der Waals surface area contributed by atoms with Gasteiger partial charge in [0.05, 0.1) is 6.61 Å². The molecule has 0 fully saturated rings. The van der Waals surface area contributed by atoms with E-state index in [9.17, 15) is 0 Å². The second kappa shape index (κ2) is 4.06. The van der Waals surface area contributed by atoms with E-state index in [-0.39, 0.29) is 0 Å². The molecule has 0 rings (SSSR count). The molecule has 0 radical (unpaired) electrons. The van der Waals surface area contributed by atoms with Crippen LogP contribution in [0.25, 0.3) is 0 Å². The molecule has 0 unspecified atom stereocenters. The average Bonchev–Trinajstić information content (AvgIpc) is 1.68. The van der Waals surface area contributed by atoms with Crippen molar-refractivity contribution in [1.29, 1.82) is 0 Å². The topological polar surface area (TPSA) is 9.23 Å². The first kappa shape index (κ1) is 6.89. The zero-order valence-corrected chi connectivity index (χ0v) is 5.53. The monoisotopic (exact) mass is 118 g/mol. The quantitative estimate of drug-likeness (QED) is 0.430. The molecule has 0 aromatic rings. The van der Waals surface area contributed by atoms with E-state index in [0.29, 0.717) is 11.7 Å². The Labute approximate surface area is 49.8 Å². The lowest BCUT2D eigenvalue weighted by molar-refractivity contribution is 0.258. The van der Waals surface area contributed by atoms with E-state index >= 15 is 0 Å². The van der Waals surface area contributed by atoms with Gasteiger partial charge in [-0.25, -0.2) is 0 Å². The maximum absolute atomic E-state index is 4.92. The molecule has 0 aliphatic carbocycles. The van der Waals surface area contributed by atoms with Crippen molar-refractivity contribution >= 4 is 12.6 Å². The lowest BCUT2D eigenvalue weighted by Gasteiger charge is -1.96. The van der Waals surface area contributed by atoms with Crippen LogP contribution in [-0.2, 0) is 4.74 Å². The van der Waals surface area contributed by atoms with Gasteiger partial charge in [-0.15, -0.1) is 12.6 Å². The summed E-state index contributed by atoms with van der Waals surface area (Å²) in [5, 5.41) is 0.697. The fourth-order valence-electron chi connectivity index (χ4n) is 0.231. The van der Waals surface area contributed by atoms with Crippen LogP contribution in [0.5, 0.6) is 0 Å². The van der Waals surface area contributed by atoms with E-state index in [1.54, 1.807) is 0 Å². The molecule has 0 aromatic carbocycles. The number of hydrogen-bond acceptors (Lipinski definition) is 2. The summed E-state index contributed by atoms with van der Waals surface area (Å²) in [5.74, 6) is 0. The van der Waals surface area contributed by atoms with E-state index < -0.39 is 0 Å². The molecule has 42 valence electrons. The largest absolute Gasteiger partial charge is 0.488 e. The van der Waals surface area contributed by atoms with E-state index in [1.807, 2.05) is 19.9 Å². The standard InChI is InChI=1S/C5H10OS/c1-3-5(7)6-4-2/h3,7H,4H2,1-2H3/b5-3-. The van der Waals surface area contributed by atoms with Gasteiger partial charge in [0.15, 0.2) is 0 Å². The summed E-state index contributed by atoms with van der Waals surface area (Å²) in [6, 6.07) is 0. The van der Waals surface area contributed by atoms with Crippen LogP contribution in [0.4, 0.5) is 0 Å². The SMILES string of the molecule is C/C=C(\S)OCC. The van der Waals surface area contributed by atoms with Crippen molar-refractivity contribution in [3.8, 4) is 0 Å². The highest BCUT2D eigenvalue weighted by Crippen LogP contribution is 1.99. The minimum atomic E-state index is 0.697. The molecule has 0 aliphatic heterocycles. The van der Waals surface area contributed by atoms with Crippen LogP contribution in [0.2, 0.25) is 0 Å². The highest BCUT2D eigenvalue weighted by molar-refractivity contribution is 7.84. The molecular formula is C5H10OS. The van der Waals surface area contributed by atoms with Crippen LogP contribution < -0.4 is 0 Å². The van der Waals surface area contributed by atoms with E-state index in [4.69, 9.17) is 4.74 Å². The van der Waals surface area contributed by atoms with Gasteiger partial charge in [0.2, 0.25) is 0 Å². The number of thiol groups is 1. The molecule has 0 aromatic heterocycles. The van der Waals surface area contributed by atoms with Gasteiger partial charge in [-0.1, -0.05) is 0 Å². The summed E-state index contributed by atoms with van der Waals surface area (Å²) >= 11 is 3.95. The van der Waals surface area contributed by atoms with Crippen LogP contribution in [0.15, 0.2) is 11.2 Å². The summed E-state index contributed by atoms with van der Waals surface area (Å²) in [4.78, 5) is 0. The minimum Gasteiger partial charge on any atom is -0.488 e.